The second kappa shape index (κ2) is 4.33. The Labute approximate surface area is 99.2 Å². The number of furan rings is 1. The van der Waals surface area contributed by atoms with Crippen molar-refractivity contribution >= 4 is 26.6 Å². The van der Waals surface area contributed by atoms with E-state index in [4.69, 9.17) is 4.42 Å². The Morgan fingerprint density at radius 3 is 2.65 bits per heavy atom. The predicted molar refractivity (Wildman–Crippen MR) is 64.9 cm³/mol. The minimum absolute atomic E-state index is 0.0430. The number of carbonyl (C=O) groups excluding carboxylic acids is 1. The Bertz CT molecular complexity index is 619. The molecule has 1 aromatic heterocycles. The maximum absolute atomic E-state index is 11.7. The zero-order valence-corrected chi connectivity index (χ0v) is 10.2. The number of benzene rings is 1. The van der Waals surface area contributed by atoms with Crippen molar-refractivity contribution < 1.29 is 17.6 Å². The van der Waals surface area contributed by atoms with Crippen molar-refractivity contribution in [1.82, 2.24) is 0 Å². The van der Waals surface area contributed by atoms with Crippen LogP contribution in [0.2, 0.25) is 0 Å². The number of carbonyl (C=O) groups is 1. The third-order valence-corrected chi connectivity index (χ3v) is 3.35. The van der Waals surface area contributed by atoms with Crippen LogP contribution in [-0.2, 0) is 9.84 Å². The first-order valence-corrected chi connectivity index (χ1v) is 7.21. The average Bonchev–Trinajstić information content (AvgIpc) is 2.68. The molecular formula is C12H12O4S. The maximum atomic E-state index is 11.7. The summed E-state index contributed by atoms with van der Waals surface area (Å²) in [6, 6.07) is 8.91. The lowest BCUT2D eigenvalue weighted by molar-refractivity contribution is 0.0964. The fourth-order valence-electron chi connectivity index (χ4n) is 1.52. The minimum Gasteiger partial charge on any atom is -0.453 e. The van der Waals surface area contributed by atoms with Crippen LogP contribution < -0.4 is 0 Å². The Hall–Kier alpha value is -1.62. The van der Waals surface area contributed by atoms with E-state index in [0.29, 0.717) is 5.58 Å². The first-order valence-electron chi connectivity index (χ1n) is 5.15. The lowest BCUT2D eigenvalue weighted by atomic mass is 10.2. The molecule has 90 valence electrons. The molecular weight excluding hydrogens is 240 g/mol. The average molecular weight is 252 g/mol. The van der Waals surface area contributed by atoms with E-state index >= 15 is 0 Å². The van der Waals surface area contributed by atoms with Crippen molar-refractivity contribution in [3.05, 3.63) is 36.1 Å². The van der Waals surface area contributed by atoms with E-state index in [0.717, 1.165) is 11.6 Å². The van der Waals surface area contributed by atoms with Crippen LogP contribution in [0.3, 0.4) is 0 Å². The molecule has 0 atom stereocenters. The molecule has 2 rings (SSSR count). The number of fused-ring (bicyclic) bond motifs is 1. The number of rotatable bonds is 4. The molecule has 0 saturated heterocycles. The summed E-state index contributed by atoms with van der Waals surface area (Å²) in [6.45, 7) is 0. The molecule has 0 saturated carbocycles. The number of ketones is 1. The van der Waals surface area contributed by atoms with Gasteiger partial charge in [0.2, 0.25) is 0 Å². The lowest BCUT2D eigenvalue weighted by Gasteiger charge is -1.95. The maximum Gasteiger partial charge on any atom is 0.199 e. The topological polar surface area (TPSA) is 64.3 Å². The predicted octanol–water partition coefficient (Wildman–Crippen LogP) is 2.05. The van der Waals surface area contributed by atoms with E-state index in [1.807, 2.05) is 18.2 Å². The van der Waals surface area contributed by atoms with Gasteiger partial charge in [0.25, 0.3) is 0 Å². The molecule has 0 bridgehead atoms. The van der Waals surface area contributed by atoms with Crippen LogP contribution in [0, 0.1) is 0 Å². The van der Waals surface area contributed by atoms with Gasteiger partial charge in [0, 0.05) is 18.1 Å². The van der Waals surface area contributed by atoms with Gasteiger partial charge in [-0.1, -0.05) is 18.2 Å². The molecule has 0 aliphatic rings. The van der Waals surface area contributed by atoms with Gasteiger partial charge in [-0.15, -0.1) is 0 Å². The summed E-state index contributed by atoms with van der Waals surface area (Å²) >= 11 is 0. The van der Waals surface area contributed by atoms with Gasteiger partial charge < -0.3 is 4.42 Å². The van der Waals surface area contributed by atoms with Crippen molar-refractivity contribution in [2.24, 2.45) is 0 Å². The summed E-state index contributed by atoms with van der Waals surface area (Å²) in [5, 5.41) is 0.843. The Kier molecular flexibility index (Phi) is 3.02. The van der Waals surface area contributed by atoms with E-state index < -0.39 is 9.84 Å². The number of Topliss-reactive ketones (excluding diaryl/α,β-unsaturated/α-hetero) is 1. The molecule has 0 unspecified atom stereocenters. The highest BCUT2D eigenvalue weighted by molar-refractivity contribution is 7.90. The molecule has 4 nitrogen and oxygen atoms in total. The molecule has 1 heterocycles. The van der Waals surface area contributed by atoms with Crippen LogP contribution in [-0.4, -0.2) is 26.2 Å². The molecule has 0 fully saturated rings. The third-order valence-electron chi connectivity index (χ3n) is 2.40. The van der Waals surface area contributed by atoms with Crippen molar-refractivity contribution in [2.75, 3.05) is 12.0 Å². The van der Waals surface area contributed by atoms with Crippen LogP contribution in [0.4, 0.5) is 0 Å². The molecule has 1 aromatic carbocycles. The molecule has 17 heavy (non-hydrogen) atoms. The van der Waals surface area contributed by atoms with E-state index in [1.54, 1.807) is 12.1 Å². The Balaban J connectivity index is 2.19. The molecule has 0 radical (unpaired) electrons. The van der Waals surface area contributed by atoms with Crippen LogP contribution in [0.25, 0.3) is 11.0 Å². The SMILES string of the molecule is CS(=O)(=O)CCC(=O)c1cc2ccccc2o1. The van der Waals surface area contributed by atoms with Crippen molar-refractivity contribution in [2.45, 2.75) is 6.42 Å². The summed E-state index contributed by atoms with van der Waals surface area (Å²) in [5.41, 5.74) is 0.634. The highest BCUT2D eigenvalue weighted by Gasteiger charge is 2.14. The van der Waals surface area contributed by atoms with E-state index in [1.165, 1.54) is 0 Å². The van der Waals surface area contributed by atoms with Gasteiger partial charge in [0.15, 0.2) is 11.5 Å². The number of hydrogen-bond donors (Lipinski definition) is 0. The Morgan fingerprint density at radius 2 is 2.00 bits per heavy atom. The molecule has 0 amide bonds. The van der Waals surface area contributed by atoms with Crippen molar-refractivity contribution in [1.29, 1.82) is 0 Å². The highest BCUT2D eigenvalue weighted by Crippen LogP contribution is 2.19. The van der Waals surface area contributed by atoms with E-state index in [9.17, 15) is 13.2 Å². The molecule has 5 heteroatoms. The second-order valence-electron chi connectivity index (χ2n) is 3.95. The van der Waals surface area contributed by atoms with Gasteiger partial charge in [0.05, 0.1) is 5.75 Å². The monoisotopic (exact) mass is 252 g/mol. The smallest absolute Gasteiger partial charge is 0.199 e. The fourth-order valence-corrected chi connectivity index (χ4v) is 2.08. The van der Waals surface area contributed by atoms with Gasteiger partial charge in [-0.25, -0.2) is 8.42 Å². The summed E-state index contributed by atoms with van der Waals surface area (Å²) < 4.78 is 27.3. The molecule has 0 aliphatic carbocycles. The minimum atomic E-state index is -3.12. The van der Waals surface area contributed by atoms with Gasteiger partial charge >= 0.3 is 0 Å². The Morgan fingerprint density at radius 1 is 1.29 bits per heavy atom. The summed E-state index contributed by atoms with van der Waals surface area (Å²) in [7, 11) is -3.12. The zero-order chi connectivity index (χ0) is 12.5. The first-order chi connectivity index (χ1) is 7.96. The van der Waals surface area contributed by atoms with E-state index in [-0.39, 0.29) is 23.7 Å². The van der Waals surface area contributed by atoms with Crippen LogP contribution in [0.15, 0.2) is 34.7 Å². The fraction of sp³-hybridized carbons (Fsp3) is 0.250. The first kappa shape index (κ1) is 11.9. The molecule has 2 aromatic rings. The standard InChI is InChI=1S/C12H12O4S/c1-17(14,15)7-6-10(13)12-8-9-4-2-3-5-11(9)16-12/h2-5,8H,6-7H2,1H3. The second-order valence-corrected chi connectivity index (χ2v) is 6.21. The molecule has 0 N–H and O–H groups in total. The number of hydrogen-bond acceptors (Lipinski definition) is 4. The molecule has 0 spiro atoms. The molecule has 0 aliphatic heterocycles. The normalized spacial score (nSPS) is 11.8. The van der Waals surface area contributed by atoms with Gasteiger partial charge in [-0.2, -0.15) is 0 Å². The highest BCUT2D eigenvalue weighted by atomic mass is 32.2. The van der Waals surface area contributed by atoms with Crippen LogP contribution in [0.5, 0.6) is 0 Å². The van der Waals surface area contributed by atoms with Crippen LogP contribution in [0.1, 0.15) is 17.0 Å². The number of sulfone groups is 1. The summed E-state index contributed by atoms with van der Waals surface area (Å²) in [6.07, 6.45) is 1.07. The van der Waals surface area contributed by atoms with Crippen molar-refractivity contribution in [3.8, 4) is 0 Å². The summed E-state index contributed by atoms with van der Waals surface area (Å²) in [5.74, 6) is -0.218. The number of para-hydroxylation sites is 1. The summed E-state index contributed by atoms with van der Waals surface area (Å²) in [4.78, 5) is 11.7. The quantitative estimate of drug-likeness (QED) is 0.781. The third kappa shape index (κ3) is 2.94. The zero-order valence-electron chi connectivity index (χ0n) is 9.34. The lowest BCUT2D eigenvalue weighted by Crippen LogP contribution is -2.08. The largest absolute Gasteiger partial charge is 0.453 e. The van der Waals surface area contributed by atoms with Gasteiger partial charge in [-0.05, 0) is 12.1 Å². The van der Waals surface area contributed by atoms with Gasteiger partial charge in [-0.3, -0.25) is 4.79 Å². The van der Waals surface area contributed by atoms with Crippen LogP contribution >= 0.6 is 0 Å². The van der Waals surface area contributed by atoms with Crippen molar-refractivity contribution in [3.63, 3.8) is 0 Å². The van der Waals surface area contributed by atoms with E-state index in [2.05, 4.69) is 0 Å². The van der Waals surface area contributed by atoms with Gasteiger partial charge in [0.1, 0.15) is 15.4 Å².